The maximum Gasteiger partial charge on any atom is 0.178 e. The molecule has 0 fully saturated rings. The van der Waals surface area contributed by atoms with Crippen molar-refractivity contribution in [3.63, 3.8) is 0 Å². The van der Waals surface area contributed by atoms with Crippen molar-refractivity contribution < 1.29 is 9.59 Å². The Hall–Kier alpha value is -1.93. The van der Waals surface area contributed by atoms with Crippen molar-refractivity contribution >= 4 is 23.2 Å². The van der Waals surface area contributed by atoms with Gasteiger partial charge in [-0.1, -0.05) is 48.0 Å². The second kappa shape index (κ2) is 4.32. The molecule has 0 radical (unpaired) electrons. The van der Waals surface area contributed by atoms with Crippen molar-refractivity contribution in [1.82, 2.24) is 0 Å². The van der Waals surface area contributed by atoms with Crippen LogP contribution in [0.4, 0.5) is 0 Å². The third kappa shape index (κ3) is 1.80. The van der Waals surface area contributed by atoms with Crippen LogP contribution in [0.15, 0.2) is 42.5 Å². The van der Waals surface area contributed by atoms with Crippen molar-refractivity contribution in [2.24, 2.45) is 0 Å². The van der Waals surface area contributed by atoms with Crippen LogP contribution in [0.5, 0.6) is 0 Å². The van der Waals surface area contributed by atoms with Crippen molar-refractivity contribution in [2.45, 2.75) is 12.8 Å². The predicted octanol–water partition coefficient (Wildman–Crippen LogP) is 3.81. The average Bonchev–Trinajstić information content (AvgIpc) is 2.64. The lowest BCUT2D eigenvalue weighted by atomic mass is 9.93. The van der Waals surface area contributed by atoms with Crippen LogP contribution in [-0.2, 0) is 0 Å². The molecule has 3 rings (SSSR count). The first-order chi connectivity index (χ1) is 9.09. The molecule has 94 valence electrons. The fourth-order valence-electron chi connectivity index (χ4n) is 2.49. The Labute approximate surface area is 116 Å². The van der Waals surface area contributed by atoms with Crippen LogP contribution in [-0.4, -0.2) is 11.6 Å². The lowest BCUT2D eigenvalue weighted by molar-refractivity contribution is 0.0890. The number of benzene rings is 2. The van der Waals surface area contributed by atoms with Crippen LogP contribution in [0.25, 0.3) is 0 Å². The minimum Gasteiger partial charge on any atom is -0.293 e. The van der Waals surface area contributed by atoms with Crippen LogP contribution in [0, 0.1) is 6.92 Å². The van der Waals surface area contributed by atoms with Gasteiger partial charge in [-0.25, -0.2) is 0 Å². The van der Waals surface area contributed by atoms with E-state index in [9.17, 15) is 9.59 Å². The van der Waals surface area contributed by atoms with Crippen LogP contribution in [0.2, 0.25) is 5.02 Å². The van der Waals surface area contributed by atoms with Crippen LogP contribution < -0.4 is 0 Å². The van der Waals surface area contributed by atoms with Gasteiger partial charge in [-0.05, 0) is 24.1 Å². The van der Waals surface area contributed by atoms with Gasteiger partial charge < -0.3 is 0 Å². The van der Waals surface area contributed by atoms with E-state index in [2.05, 4.69) is 0 Å². The molecular formula is C16H11ClO2. The van der Waals surface area contributed by atoms with Crippen molar-refractivity contribution in [2.75, 3.05) is 0 Å². The molecule has 3 heteroatoms. The Morgan fingerprint density at radius 3 is 2.05 bits per heavy atom. The van der Waals surface area contributed by atoms with Crippen molar-refractivity contribution in [3.05, 3.63) is 69.7 Å². The molecule has 2 aromatic carbocycles. The number of ketones is 2. The van der Waals surface area contributed by atoms with Crippen LogP contribution in [0.3, 0.4) is 0 Å². The highest BCUT2D eigenvalue weighted by Gasteiger charge is 2.40. The van der Waals surface area contributed by atoms with Crippen LogP contribution in [0.1, 0.15) is 37.8 Å². The number of carbonyl (C=O) groups excluding carboxylic acids is 2. The third-order valence-electron chi connectivity index (χ3n) is 3.45. The van der Waals surface area contributed by atoms with Gasteiger partial charge in [-0.15, -0.1) is 0 Å². The maximum absolute atomic E-state index is 12.4. The van der Waals surface area contributed by atoms with E-state index < -0.39 is 5.92 Å². The van der Waals surface area contributed by atoms with E-state index in [-0.39, 0.29) is 11.6 Å². The molecule has 0 saturated carbocycles. The zero-order valence-corrected chi connectivity index (χ0v) is 11.1. The van der Waals surface area contributed by atoms with Gasteiger partial charge in [0.2, 0.25) is 0 Å². The van der Waals surface area contributed by atoms with E-state index in [1.165, 1.54) is 0 Å². The van der Waals surface area contributed by atoms with Gasteiger partial charge >= 0.3 is 0 Å². The van der Waals surface area contributed by atoms with E-state index in [0.717, 1.165) is 5.56 Å². The molecule has 0 heterocycles. The second-order valence-corrected chi connectivity index (χ2v) is 5.14. The van der Waals surface area contributed by atoms with Crippen molar-refractivity contribution in [1.29, 1.82) is 0 Å². The van der Waals surface area contributed by atoms with Gasteiger partial charge in [0, 0.05) is 16.1 Å². The zero-order chi connectivity index (χ0) is 13.6. The highest BCUT2D eigenvalue weighted by atomic mass is 35.5. The lowest BCUT2D eigenvalue weighted by Crippen LogP contribution is -2.13. The molecule has 0 amide bonds. The highest BCUT2D eigenvalue weighted by Crippen LogP contribution is 2.37. The third-order valence-corrected chi connectivity index (χ3v) is 3.78. The Morgan fingerprint density at radius 2 is 1.53 bits per heavy atom. The zero-order valence-electron chi connectivity index (χ0n) is 10.3. The molecule has 0 unspecified atom stereocenters. The molecule has 0 atom stereocenters. The fraction of sp³-hybridized carbons (Fsp3) is 0.125. The molecule has 0 aliphatic heterocycles. The molecule has 19 heavy (non-hydrogen) atoms. The largest absolute Gasteiger partial charge is 0.293 e. The number of carbonyl (C=O) groups is 2. The van der Waals surface area contributed by atoms with Gasteiger partial charge in [0.05, 0.1) is 0 Å². The molecule has 2 nitrogen and oxygen atoms in total. The van der Waals surface area contributed by atoms with Gasteiger partial charge in [0.15, 0.2) is 11.6 Å². The number of fused-ring (bicyclic) bond motifs is 1. The van der Waals surface area contributed by atoms with Gasteiger partial charge in [0.25, 0.3) is 0 Å². The Bertz CT molecular complexity index is 669. The predicted molar refractivity (Wildman–Crippen MR) is 74.0 cm³/mol. The highest BCUT2D eigenvalue weighted by molar-refractivity contribution is 6.35. The summed E-state index contributed by atoms with van der Waals surface area (Å²) >= 11 is 6.18. The van der Waals surface area contributed by atoms with E-state index >= 15 is 0 Å². The van der Waals surface area contributed by atoms with Crippen LogP contribution >= 0.6 is 11.6 Å². The molecule has 2 aromatic rings. The summed E-state index contributed by atoms with van der Waals surface area (Å²) < 4.78 is 0. The molecule has 0 bridgehead atoms. The van der Waals surface area contributed by atoms with Gasteiger partial charge in [0.1, 0.15) is 5.92 Å². The van der Waals surface area contributed by atoms with E-state index in [4.69, 9.17) is 11.6 Å². The molecule has 1 aliphatic rings. The lowest BCUT2D eigenvalue weighted by Gasteiger charge is -2.10. The first kappa shape index (κ1) is 12.1. The maximum atomic E-state index is 12.4. The van der Waals surface area contributed by atoms with E-state index in [1.54, 1.807) is 36.4 Å². The van der Waals surface area contributed by atoms with E-state index in [1.807, 2.05) is 13.0 Å². The summed E-state index contributed by atoms with van der Waals surface area (Å²) in [5, 5.41) is 0.472. The Morgan fingerprint density at radius 1 is 0.947 bits per heavy atom. The smallest absolute Gasteiger partial charge is 0.178 e. The summed E-state index contributed by atoms with van der Waals surface area (Å²) in [5.41, 5.74) is 2.59. The molecule has 0 spiro atoms. The summed E-state index contributed by atoms with van der Waals surface area (Å²) in [5.74, 6) is -1.11. The SMILES string of the molecule is Cc1ccc(C2C(=O)c3ccccc3C2=O)c(Cl)c1. The standard InChI is InChI=1S/C16H11ClO2/c1-9-6-7-12(13(17)8-9)14-15(18)10-4-2-3-5-11(10)16(14)19/h2-8,14H,1H3. The number of rotatable bonds is 1. The Balaban J connectivity index is 2.14. The number of halogens is 1. The van der Waals surface area contributed by atoms with Crippen molar-refractivity contribution in [3.8, 4) is 0 Å². The second-order valence-electron chi connectivity index (χ2n) is 4.73. The van der Waals surface area contributed by atoms with Gasteiger partial charge in [-0.3, -0.25) is 9.59 Å². The first-order valence-corrected chi connectivity index (χ1v) is 6.41. The molecular weight excluding hydrogens is 260 g/mol. The average molecular weight is 271 g/mol. The molecule has 0 aromatic heterocycles. The summed E-state index contributed by atoms with van der Waals surface area (Å²) in [6.07, 6.45) is 0. The molecule has 0 saturated heterocycles. The molecule has 1 aliphatic carbocycles. The summed E-state index contributed by atoms with van der Waals surface area (Å²) in [4.78, 5) is 24.7. The topological polar surface area (TPSA) is 34.1 Å². The first-order valence-electron chi connectivity index (χ1n) is 6.03. The minimum atomic E-state index is -0.787. The monoisotopic (exact) mass is 270 g/mol. The minimum absolute atomic E-state index is 0.161. The summed E-state index contributed by atoms with van der Waals surface area (Å²) in [6.45, 7) is 1.92. The fourth-order valence-corrected chi connectivity index (χ4v) is 2.84. The number of hydrogen-bond acceptors (Lipinski definition) is 2. The normalized spacial score (nSPS) is 14.8. The Kier molecular flexibility index (Phi) is 2.76. The van der Waals surface area contributed by atoms with E-state index in [0.29, 0.717) is 21.7 Å². The number of aryl methyl sites for hydroxylation is 1. The number of hydrogen-bond donors (Lipinski definition) is 0. The summed E-state index contributed by atoms with van der Waals surface area (Å²) in [7, 11) is 0. The molecule has 0 N–H and O–H groups in total. The summed E-state index contributed by atoms with van der Waals surface area (Å²) in [6, 6.07) is 12.3. The van der Waals surface area contributed by atoms with Gasteiger partial charge in [-0.2, -0.15) is 0 Å². The number of Topliss-reactive ketones (excluding diaryl/α,β-unsaturated/α-hetero) is 2. The quantitative estimate of drug-likeness (QED) is 0.739.